The van der Waals surface area contributed by atoms with Crippen LogP contribution in [-0.2, 0) is 0 Å². The summed E-state index contributed by atoms with van der Waals surface area (Å²) >= 11 is 0. The number of fused-ring (bicyclic) bond motifs is 4. The minimum absolute atomic E-state index is 0.366. The number of ether oxygens (including phenoxy) is 1. The summed E-state index contributed by atoms with van der Waals surface area (Å²) < 4.78 is 8.53. The molecule has 3 aliphatic rings. The maximum absolute atomic E-state index is 6.30. The minimum atomic E-state index is 0.366. The van der Waals surface area contributed by atoms with E-state index in [1.54, 1.807) is 0 Å². The predicted octanol–water partition coefficient (Wildman–Crippen LogP) is 4.10. The average molecular weight is 318 g/mol. The van der Waals surface area contributed by atoms with Crippen LogP contribution in [0.25, 0.3) is 16.6 Å². The van der Waals surface area contributed by atoms with Crippen molar-refractivity contribution in [2.45, 2.75) is 18.9 Å². The molecule has 0 spiro atoms. The first-order chi connectivity index (χ1) is 11.9. The Morgan fingerprint density at radius 1 is 0.875 bits per heavy atom. The smallest absolute Gasteiger partial charge is 0.119 e. The molecule has 0 N–H and O–H groups in total. The third-order valence-corrected chi connectivity index (χ3v) is 5.60. The molecule has 24 heavy (non-hydrogen) atoms. The minimum Gasteiger partial charge on any atom is -0.489 e. The zero-order valence-corrected chi connectivity index (χ0v) is 13.8. The highest BCUT2D eigenvalue weighted by atomic mass is 16.5. The number of piperidine rings is 3. The molecule has 2 bridgehead atoms. The van der Waals surface area contributed by atoms with Gasteiger partial charge < -0.3 is 9.30 Å². The standard InChI is InChI=1S/C21H22N2O/c1-2-4-20-16(3-1)11-14-23(20)18-5-7-19(8-6-18)24-21-15-22-12-9-17(21)10-13-22/h1-8,11,14,17,21H,9-10,12-13,15H2. The van der Waals surface area contributed by atoms with Crippen LogP contribution in [-0.4, -0.2) is 35.2 Å². The molecule has 0 saturated carbocycles. The van der Waals surface area contributed by atoms with Gasteiger partial charge in [0, 0.05) is 18.4 Å². The van der Waals surface area contributed by atoms with Crippen molar-refractivity contribution >= 4 is 10.9 Å². The Balaban J connectivity index is 1.37. The maximum Gasteiger partial charge on any atom is 0.119 e. The van der Waals surface area contributed by atoms with Gasteiger partial charge in [0.15, 0.2) is 0 Å². The summed E-state index contributed by atoms with van der Waals surface area (Å²) in [5.41, 5.74) is 2.42. The molecule has 122 valence electrons. The second kappa shape index (κ2) is 5.67. The largest absolute Gasteiger partial charge is 0.489 e. The van der Waals surface area contributed by atoms with Gasteiger partial charge in [0.1, 0.15) is 11.9 Å². The fourth-order valence-electron chi connectivity index (χ4n) is 4.21. The number of hydrogen-bond donors (Lipinski definition) is 0. The molecule has 6 rings (SSSR count). The number of hydrogen-bond acceptors (Lipinski definition) is 2. The zero-order chi connectivity index (χ0) is 15.9. The third-order valence-electron chi connectivity index (χ3n) is 5.60. The molecule has 2 aromatic carbocycles. The number of rotatable bonds is 3. The molecule has 3 aliphatic heterocycles. The van der Waals surface area contributed by atoms with Crippen LogP contribution in [0.3, 0.4) is 0 Å². The van der Waals surface area contributed by atoms with Gasteiger partial charge in [-0.15, -0.1) is 0 Å². The Kier molecular flexibility index (Phi) is 3.34. The fourth-order valence-corrected chi connectivity index (χ4v) is 4.21. The van der Waals surface area contributed by atoms with E-state index in [0.717, 1.165) is 18.2 Å². The number of nitrogens with zero attached hydrogens (tertiary/aromatic N) is 2. The van der Waals surface area contributed by atoms with Gasteiger partial charge in [-0.1, -0.05) is 18.2 Å². The predicted molar refractivity (Wildman–Crippen MR) is 96.9 cm³/mol. The number of benzene rings is 2. The molecule has 1 unspecified atom stereocenters. The van der Waals surface area contributed by atoms with Crippen LogP contribution in [0.2, 0.25) is 0 Å². The molecular weight excluding hydrogens is 296 g/mol. The van der Waals surface area contributed by atoms with Crippen LogP contribution in [0.1, 0.15) is 12.8 Å². The van der Waals surface area contributed by atoms with Crippen molar-refractivity contribution in [3.05, 3.63) is 60.8 Å². The van der Waals surface area contributed by atoms with Gasteiger partial charge in [-0.05, 0) is 73.6 Å². The van der Waals surface area contributed by atoms with Gasteiger partial charge in [0.25, 0.3) is 0 Å². The van der Waals surface area contributed by atoms with Gasteiger partial charge in [-0.3, -0.25) is 4.90 Å². The van der Waals surface area contributed by atoms with Gasteiger partial charge in [0.2, 0.25) is 0 Å². The molecule has 4 heterocycles. The number of aromatic nitrogens is 1. The first-order valence-electron chi connectivity index (χ1n) is 8.92. The molecule has 1 aromatic heterocycles. The number of para-hydroxylation sites is 1. The molecule has 3 heteroatoms. The normalized spacial score (nSPS) is 25.9. The summed E-state index contributed by atoms with van der Waals surface area (Å²) in [5.74, 6) is 1.73. The van der Waals surface area contributed by atoms with E-state index < -0.39 is 0 Å². The Labute approximate surface area is 142 Å². The molecule has 1 atom stereocenters. The highest BCUT2D eigenvalue weighted by molar-refractivity contribution is 5.81. The summed E-state index contributed by atoms with van der Waals surface area (Å²) in [7, 11) is 0. The third kappa shape index (κ3) is 2.40. The van der Waals surface area contributed by atoms with Crippen LogP contribution in [0.4, 0.5) is 0 Å². The van der Waals surface area contributed by atoms with Crippen LogP contribution in [0, 0.1) is 5.92 Å². The first-order valence-corrected chi connectivity index (χ1v) is 8.92. The average Bonchev–Trinajstić information content (AvgIpc) is 3.08. The summed E-state index contributed by atoms with van der Waals surface area (Å²) in [6.07, 6.45) is 5.08. The Morgan fingerprint density at radius 3 is 2.42 bits per heavy atom. The fraction of sp³-hybridized carbons (Fsp3) is 0.333. The van der Waals surface area contributed by atoms with Crippen molar-refractivity contribution in [3.63, 3.8) is 0 Å². The van der Waals surface area contributed by atoms with Crippen molar-refractivity contribution < 1.29 is 4.74 Å². The molecule has 3 fully saturated rings. The Hall–Kier alpha value is -2.26. The van der Waals surface area contributed by atoms with E-state index in [4.69, 9.17) is 4.74 Å². The summed E-state index contributed by atoms with van der Waals surface area (Å²) in [6, 6.07) is 19.2. The van der Waals surface area contributed by atoms with Gasteiger partial charge >= 0.3 is 0 Å². The summed E-state index contributed by atoms with van der Waals surface area (Å²) in [4.78, 5) is 2.53. The highest BCUT2D eigenvalue weighted by Gasteiger charge is 2.35. The van der Waals surface area contributed by atoms with Crippen LogP contribution in [0.5, 0.6) is 5.75 Å². The van der Waals surface area contributed by atoms with Crippen LogP contribution in [0.15, 0.2) is 60.8 Å². The molecule has 3 aromatic rings. The monoisotopic (exact) mass is 318 g/mol. The molecular formula is C21H22N2O. The lowest BCUT2D eigenvalue weighted by atomic mass is 9.86. The van der Waals surface area contributed by atoms with Gasteiger partial charge in [-0.2, -0.15) is 0 Å². The second-order valence-corrected chi connectivity index (χ2v) is 7.03. The topological polar surface area (TPSA) is 17.4 Å². The SMILES string of the molecule is c1ccc2c(c1)ccn2-c1ccc(OC2CN3CCC2CC3)cc1. The zero-order valence-electron chi connectivity index (χ0n) is 13.8. The molecule has 0 aliphatic carbocycles. The van der Waals surface area contributed by atoms with Crippen LogP contribution >= 0.6 is 0 Å². The van der Waals surface area contributed by atoms with E-state index in [2.05, 4.69) is 70.3 Å². The van der Waals surface area contributed by atoms with Crippen LogP contribution < -0.4 is 4.74 Å². The molecule has 3 nitrogen and oxygen atoms in total. The van der Waals surface area contributed by atoms with Gasteiger partial charge in [-0.25, -0.2) is 0 Å². The lowest BCUT2D eigenvalue weighted by Crippen LogP contribution is -2.52. The maximum atomic E-state index is 6.30. The van der Waals surface area contributed by atoms with Crippen molar-refractivity contribution in [2.75, 3.05) is 19.6 Å². The lowest BCUT2D eigenvalue weighted by molar-refractivity contribution is -0.00775. The molecule has 3 saturated heterocycles. The summed E-state index contributed by atoms with van der Waals surface area (Å²) in [5, 5.41) is 1.27. The quantitative estimate of drug-likeness (QED) is 0.723. The van der Waals surface area contributed by atoms with Gasteiger partial charge in [0.05, 0.1) is 5.52 Å². The Morgan fingerprint density at radius 2 is 1.67 bits per heavy atom. The van der Waals surface area contributed by atoms with Crippen molar-refractivity contribution in [3.8, 4) is 11.4 Å². The van der Waals surface area contributed by atoms with E-state index in [9.17, 15) is 0 Å². The van der Waals surface area contributed by atoms with E-state index in [0.29, 0.717) is 6.10 Å². The van der Waals surface area contributed by atoms with E-state index >= 15 is 0 Å². The first kappa shape index (κ1) is 14.1. The molecule has 0 amide bonds. The van der Waals surface area contributed by atoms with Crippen molar-refractivity contribution in [1.29, 1.82) is 0 Å². The second-order valence-electron chi connectivity index (χ2n) is 7.03. The van der Waals surface area contributed by atoms with E-state index in [1.807, 2.05) is 0 Å². The lowest BCUT2D eigenvalue weighted by Gasteiger charge is -2.44. The Bertz CT molecular complexity index is 844. The van der Waals surface area contributed by atoms with Crippen molar-refractivity contribution in [2.24, 2.45) is 5.92 Å². The molecule has 0 radical (unpaired) electrons. The van der Waals surface area contributed by atoms with Crippen molar-refractivity contribution in [1.82, 2.24) is 9.47 Å². The van der Waals surface area contributed by atoms with E-state index in [-0.39, 0.29) is 0 Å². The highest BCUT2D eigenvalue weighted by Crippen LogP contribution is 2.31. The summed E-state index contributed by atoms with van der Waals surface area (Å²) in [6.45, 7) is 3.60. The van der Waals surface area contributed by atoms with E-state index in [1.165, 1.54) is 42.5 Å².